The van der Waals surface area contributed by atoms with E-state index in [2.05, 4.69) is 31.1 Å². The molecule has 0 atom stereocenters. The summed E-state index contributed by atoms with van der Waals surface area (Å²) < 4.78 is 0. The first-order valence-corrected chi connectivity index (χ1v) is 5.40. The lowest BCUT2D eigenvalue weighted by atomic mass is 10.0. The van der Waals surface area contributed by atoms with Crippen LogP contribution >= 0.6 is 12.2 Å². The van der Waals surface area contributed by atoms with Crippen molar-refractivity contribution in [2.75, 3.05) is 5.32 Å². The predicted molar refractivity (Wildman–Crippen MR) is 68.1 cm³/mol. The second kappa shape index (κ2) is 4.57. The van der Waals surface area contributed by atoms with Gasteiger partial charge in [0.15, 0.2) is 0 Å². The van der Waals surface area contributed by atoms with Crippen LogP contribution in [0.3, 0.4) is 0 Å². The van der Waals surface area contributed by atoms with E-state index in [1.807, 2.05) is 12.1 Å². The van der Waals surface area contributed by atoms with E-state index in [0.717, 1.165) is 12.1 Å². The molecule has 82 valence electrons. The molecule has 0 amide bonds. The average molecular weight is 223 g/mol. The molecule has 0 saturated carbocycles. The molecule has 1 rings (SSSR count). The van der Waals surface area contributed by atoms with Gasteiger partial charge in [-0.2, -0.15) is 0 Å². The van der Waals surface area contributed by atoms with Crippen LogP contribution in [0.1, 0.15) is 32.9 Å². The number of aromatic nitrogens is 1. The van der Waals surface area contributed by atoms with Crippen molar-refractivity contribution in [3.8, 4) is 0 Å². The topological polar surface area (TPSA) is 50.9 Å². The molecule has 0 aliphatic carbocycles. The Kier molecular flexibility index (Phi) is 3.63. The largest absolute Gasteiger partial charge is 0.388 e. The van der Waals surface area contributed by atoms with Gasteiger partial charge in [0.1, 0.15) is 10.7 Å². The van der Waals surface area contributed by atoms with Crippen molar-refractivity contribution in [1.82, 2.24) is 4.98 Å². The molecule has 1 aromatic rings. The number of nitrogens with zero attached hydrogens (tertiary/aromatic N) is 1. The van der Waals surface area contributed by atoms with Crippen LogP contribution in [0, 0.1) is 0 Å². The zero-order valence-electron chi connectivity index (χ0n) is 9.37. The molecular formula is C11H17N3S. The van der Waals surface area contributed by atoms with Crippen LogP contribution in [-0.2, 0) is 0 Å². The third-order valence-corrected chi connectivity index (χ3v) is 2.59. The Morgan fingerprint density at radius 2 is 2.27 bits per heavy atom. The van der Waals surface area contributed by atoms with Crippen LogP contribution in [0.25, 0.3) is 0 Å². The fourth-order valence-corrected chi connectivity index (χ4v) is 1.32. The molecule has 0 aliphatic heterocycles. The molecule has 3 nitrogen and oxygen atoms in total. The zero-order valence-corrected chi connectivity index (χ0v) is 10.2. The van der Waals surface area contributed by atoms with Gasteiger partial charge in [-0.1, -0.05) is 19.1 Å². The zero-order chi connectivity index (χ0) is 11.5. The highest BCUT2D eigenvalue weighted by Gasteiger charge is 2.17. The minimum atomic E-state index is 0.0164. The summed E-state index contributed by atoms with van der Waals surface area (Å²) in [5.74, 6) is 0. The highest BCUT2D eigenvalue weighted by atomic mass is 32.1. The second-order valence-corrected chi connectivity index (χ2v) is 4.57. The van der Waals surface area contributed by atoms with Gasteiger partial charge >= 0.3 is 0 Å². The highest BCUT2D eigenvalue weighted by molar-refractivity contribution is 7.80. The first kappa shape index (κ1) is 11.9. The van der Waals surface area contributed by atoms with Crippen LogP contribution < -0.4 is 11.1 Å². The summed E-state index contributed by atoms with van der Waals surface area (Å²) in [7, 11) is 0. The number of pyridine rings is 1. The van der Waals surface area contributed by atoms with Gasteiger partial charge in [-0.15, -0.1) is 0 Å². The molecule has 0 spiro atoms. The molecule has 0 unspecified atom stereocenters. The minimum absolute atomic E-state index is 0.0164. The van der Waals surface area contributed by atoms with Crippen LogP contribution in [0.4, 0.5) is 5.69 Å². The normalized spacial score (nSPS) is 11.1. The van der Waals surface area contributed by atoms with Gasteiger partial charge in [0.2, 0.25) is 0 Å². The Labute approximate surface area is 96.1 Å². The van der Waals surface area contributed by atoms with Gasteiger partial charge in [-0.05, 0) is 32.4 Å². The smallest absolute Gasteiger partial charge is 0.124 e. The first-order chi connectivity index (χ1) is 6.96. The molecule has 0 aromatic carbocycles. The minimum Gasteiger partial charge on any atom is -0.388 e. The Bertz CT molecular complexity index is 361. The van der Waals surface area contributed by atoms with Crippen LogP contribution in [0.15, 0.2) is 18.3 Å². The third-order valence-electron chi connectivity index (χ3n) is 2.40. The monoisotopic (exact) mass is 223 g/mol. The Balaban J connectivity index is 2.99. The molecule has 1 aromatic heterocycles. The number of rotatable bonds is 4. The number of nitrogens with two attached hydrogens (primary N) is 1. The lowest BCUT2D eigenvalue weighted by Crippen LogP contribution is -2.31. The molecule has 0 radical (unpaired) electrons. The first-order valence-electron chi connectivity index (χ1n) is 4.99. The fraction of sp³-hybridized carbons (Fsp3) is 0.455. The van der Waals surface area contributed by atoms with Crippen LogP contribution in [-0.4, -0.2) is 15.5 Å². The van der Waals surface area contributed by atoms with Gasteiger partial charge in [0, 0.05) is 11.7 Å². The molecule has 4 heteroatoms. The van der Waals surface area contributed by atoms with Gasteiger partial charge in [-0.25, -0.2) is 0 Å². The lowest BCUT2D eigenvalue weighted by molar-refractivity contribution is 0.547. The van der Waals surface area contributed by atoms with E-state index >= 15 is 0 Å². The quantitative estimate of drug-likeness (QED) is 0.769. The third kappa shape index (κ3) is 3.16. The Hall–Kier alpha value is -1.16. The summed E-state index contributed by atoms with van der Waals surface area (Å²) in [4.78, 5) is 4.49. The van der Waals surface area contributed by atoms with E-state index in [9.17, 15) is 0 Å². The van der Waals surface area contributed by atoms with Crippen molar-refractivity contribution < 1.29 is 0 Å². The van der Waals surface area contributed by atoms with Gasteiger partial charge in [0.05, 0.1) is 5.69 Å². The van der Waals surface area contributed by atoms with Gasteiger partial charge in [0.25, 0.3) is 0 Å². The van der Waals surface area contributed by atoms with Gasteiger partial charge in [-0.3, -0.25) is 4.98 Å². The van der Waals surface area contributed by atoms with E-state index < -0.39 is 0 Å². The van der Waals surface area contributed by atoms with Crippen molar-refractivity contribution in [1.29, 1.82) is 0 Å². The highest BCUT2D eigenvalue weighted by Crippen LogP contribution is 2.20. The summed E-state index contributed by atoms with van der Waals surface area (Å²) in [5, 5.41) is 3.39. The summed E-state index contributed by atoms with van der Waals surface area (Å²) in [6, 6.07) is 3.81. The van der Waals surface area contributed by atoms with Crippen LogP contribution in [0.2, 0.25) is 0 Å². The Morgan fingerprint density at radius 1 is 1.60 bits per heavy atom. The van der Waals surface area contributed by atoms with E-state index in [4.69, 9.17) is 18.0 Å². The van der Waals surface area contributed by atoms with Crippen molar-refractivity contribution in [3.05, 3.63) is 24.0 Å². The molecule has 1 heterocycles. The maximum absolute atomic E-state index is 5.60. The summed E-state index contributed by atoms with van der Waals surface area (Å²) in [6.07, 6.45) is 2.71. The summed E-state index contributed by atoms with van der Waals surface area (Å²) in [5.41, 5.74) is 7.18. The van der Waals surface area contributed by atoms with Crippen molar-refractivity contribution in [2.45, 2.75) is 32.7 Å². The molecule has 3 N–H and O–H groups in total. The van der Waals surface area contributed by atoms with Crippen molar-refractivity contribution in [3.63, 3.8) is 0 Å². The van der Waals surface area contributed by atoms with E-state index in [1.165, 1.54) is 0 Å². The standard InChI is InChI=1S/C11H17N3S/c1-4-11(2,3)14-8-6-5-7-13-9(8)10(12)15/h5-7,14H,4H2,1-3H3,(H2,12,15). The molecule has 0 aliphatic rings. The molecule has 0 bridgehead atoms. The number of thiocarbonyl (C=S) groups is 1. The Morgan fingerprint density at radius 3 is 2.80 bits per heavy atom. The second-order valence-electron chi connectivity index (χ2n) is 4.13. The molecule has 0 fully saturated rings. The lowest BCUT2D eigenvalue weighted by Gasteiger charge is -2.26. The molecule has 15 heavy (non-hydrogen) atoms. The number of hydrogen-bond acceptors (Lipinski definition) is 3. The summed E-state index contributed by atoms with van der Waals surface area (Å²) in [6.45, 7) is 6.39. The SMILES string of the molecule is CCC(C)(C)Nc1cccnc1C(N)=S. The van der Waals surface area contributed by atoms with Crippen molar-refractivity contribution >= 4 is 22.9 Å². The summed E-state index contributed by atoms with van der Waals surface area (Å²) >= 11 is 4.95. The van der Waals surface area contributed by atoms with Crippen LogP contribution in [0.5, 0.6) is 0 Å². The van der Waals surface area contributed by atoms with Gasteiger partial charge < -0.3 is 11.1 Å². The van der Waals surface area contributed by atoms with E-state index in [1.54, 1.807) is 6.20 Å². The predicted octanol–water partition coefficient (Wildman–Crippen LogP) is 2.32. The maximum Gasteiger partial charge on any atom is 0.124 e. The average Bonchev–Trinajstić information content (AvgIpc) is 2.18. The molecular weight excluding hydrogens is 206 g/mol. The van der Waals surface area contributed by atoms with Crippen molar-refractivity contribution in [2.24, 2.45) is 5.73 Å². The number of hydrogen-bond donors (Lipinski definition) is 2. The fourth-order valence-electron chi connectivity index (χ4n) is 1.16. The number of nitrogens with one attached hydrogen (secondary N) is 1. The molecule has 0 saturated heterocycles. The maximum atomic E-state index is 5.60. The van der Waals surface area contributed by atoms with E-state index in [-0.39, 0.29) is 5.54 Å². The number of anilines is 1. The van der Waals surface area contributed by atoms with E-state index in [0.29, 0.717) is 10.7 Å².